The van der Waals surface area contributed by atoms with Gasteiger partial charge in [0, 0.05) is 9.52 Å². The maximum atomic E-state index is 4.93. The fourth-order valence-corrected chi connectivity index (χ4v) is 6.54. The number of hydrogen-bond donors (Lipinski definition) is 0. The molecule has 6 aromatic rings. The van der Waals surface area contributed by atoms with Gasteiger partial charge in [0.1, 0.15) is 0 Å². The zero-order valence-corrected chi connectivity index (χ0v) is 38.4. The Morgan fingerprint density at radius 3 is 1.19 bits per heavy atom. The van der Waals surface area contributed by atoms with Crippen molar-refractivity contribution in [1.82, 2.24) is 0 Å². The van der Waals surface area contributed by atoms with Crippen molar-refractivity contribution < 1.29 is 20.8 Å². The van der Waals surface area contributed by atoms with Gasteiger partial charge in [0.25, 0.3) is 0 Å². The molecule has 0 amide bonds. The fourth-order valence-electron chi connectivity index (χ4n) is 6.54. The molecule has 0 N–H and O–H groups in total. The normalized spacial score (nSPS) is 11.2. The van der Waals surface area contributed by atoms with E-state index in [9.17, 15) is 0 Å². The molecule has 0 unspecified atom stereocenters. The van der Waals surface area contributed by atoms with Crippen LogP contribution >= 0.6 is 17.0 Å². The molecule has 0 spiro atoms. The van der Waals surface area contributed by atoms with Crippen LogP contribution in [-0.4, -0.2) is 9.52 Å². The van der Waals surface area contributed by atoms with Gasteiger partial charge in [-0.2, -0.15) is 12.1 Å². The molecule has 0 fully saturated rings. The summed E-state index contributed by atoms with van der Waals surface area (Å²) >= 11 is -0.826. The summed E-state index contributed by atoms with van der Waals surface area (Å²) in [7, 11) is 11.0. The second-order valence-electron chi connectivity index (χ2n) is 15.7. The number of fused-ring (bicyclic) bond motifs is 2. The number of halogens is 2. The number of aryl methyl sites for hydroxylation is 2. The van der Waals surface area contributed by atoms with E-state index in [0.717, 1.165) is 22.4 Å². The summed E-state index contributed by atoms with van der Waals surface area (Å²) in [5.74, 6) is 0. The van der Waals surface area contributed by atoms with Crippen molar-refractivity contribution in [2.75, 3.05) is 0 Å². The third kappa shape index (κ3) is 12.4. The molecule has 0 nitrogen and oxygen atoms in total. The van der Waals surface area contributed by atoms with Crippen LogP contribution in [0.5, 0.6) is 0 Å². The summed E-state index contributed by atoms with van der Waals surface area (Å²) in [6, 6.07) is 40.7. The van der Waals surface area contributed by atoms with Crippen LogP contribution in [0.3, 0.4) is 0 Å². The van der Waals surface area contributed by atoms with Gasteiger partial charge in [-0.25, -0.2) is 0 Å². The van der Waals surface area contributed by atoms with Crippen LogP contribution in [0.25, 0.3) is 43.8 Å². The SMILES string of the molecule is CCCCc1ccccc1-c1cccc2[cH-]c(C(C)(C)C)cc12.CCCCc1ccccc1-c1cccc2[cH-]c(C(C)(C)C)cc12.C[Si]C.[Cl][Zr+2][Cl]. The summed E-state index contributed by atoms with van der Waals surface area (Å²) in [4.78, 5) is 0. The third-order valence-corrected chi connectivity index (χ3v) is 9.45. The minimum atomic E-state index is -0.826. The van der Waals surface area contributed by atoms with Crippen LogP contribution < -0.4 is 0 Å². The Morgan fingerprint density at radius 1 is 0.538 bits per heavy atom. The second kappa shape index (κ2) is 21.6. The molecule has 6 aromatic carbocycles. The summed E-state index contributed by atoms with van der Waals surface area (Å²) < 4.78 is 0. The van der Waals surface area contributed by atoms with Gasteiger partial charge in [0.05, 0.1) is 0 Å². The second-order valence-corrected chi connectivity index (χ2v) is 20.4. The Labute approximate surface area is 338 Å². The van der Waals surface area contributed by atoms with E-state index >= 15 is 0 Å². The van der Waals surface area contributed by atoms with E-state index in [-0.39, 0.29) is 10.8 Å². The number of hydrogen-bond acceptors (Lipinski definition) is 0. The zero-order valence-electron chi connectivity index (χ0n) is 33.4. The van der Waals surface area contributed by atoms with Crippen LogP contribution in [0.15, 0.2) is 109 Å². The van der Waals surface area contributed by atoms with Crippen LogP contribution in [-0.2, 0) is 44.5 Å². The van der Waals surface area contributed by atoms with E-state index in [1.165, 1.54) is 91.7 Å². The first-order chi connectivity index (χ1) is 24.8. The van der Waals surface area contributed by atoms with Gasteiger partial charge in [0.15, 0.2) is 0 Å². The maximum absolute atomic E-state index is 4.93. The van der Waals surface area contributed by atoms with Crippen molar-refractivity contribution >= 4 is 48.1 Å². The van der Waals surface area contributed by atoms with Gasteiger partial charge in [-0.15, -0.1) is 69.1 Å². The van der Waals surface area contributed by atoms with Crippen molar-refractivity contribution in [3.05, 3.63) is 131 Å². The van der Waals surface area contributed by atoms with E-state index in [2.05, 4.69) is 178 Å². The van der Waals surface area contributed by atoms with Gasteiger partial charge < -0.3 is 0 Å². The Kier molecular flexibility index (Phi) is 18.4. The van der Waals surface area contributed by atoms with Gasteiger partial charge in [-0.05, 0) is 58.8 Å². The van der Waals surface area contributed by atoms with Crippen LogP contribution in [0, 0.1) is 0 Å². The number of unbranched alkanes of at least 4 members (excludes halogenated alkanes) is 2. The monoisotopic (exact) mass is 824 g/mol. The van der Waals surface area contributed by atoms with Crippen molar-refractivity contribution in [2.45, 2.75) is 118 Å². The van der Waals surface area contributed by atoms with E-state index < -0.39 is 20.8 Å². The molecule has 4 heteroatoms. The molecular formula is C48H60Cl2SiZr. The first kappa shape index (κ1) is 44.2. The molecular weight excluding hydrogens is 767 g/mol. The average Bonchev–Trinajstić information content (AvgIpc) is 3.77. The molecule has 0 heterocycles. The van der Waals surface area contributed by atoms with Gasteiger partial charge in [-0.1, -0.05) is 153 Å². The predicted molar refractivity (Wildman–Crippen MR) is 234 cm³/mol. The topological polar surface area (TPSA) is 0 Å². The zero-order chi connectivity index (χ0) is 38.3. The summed E-state index contributed by atoms with van der Waals surface area (Å²) in [6.45, 7) is 22.6. The van der Waals surface area contributed by atoms with Crippen molar-refractivity contribution in [1.29, 1.82) is 0 Å². The fraction of sp³-hybridized carbons (Fsp3) is 0.375. The molecule has 0 aromatic heterocycles. The van der Waals surface area contributed by atoms with Crippen LogP contribution in [0.1, 0.15) is 103 Å². The van der Waals surface area contributed by atoms with Crippen molar-refractivity contribution in [3.63, 3.8) is 0 Å². The molecule has 0 aliphatic carbocycles. The third-order valence-electron chi connectivity index (χ3n) is 9.45. The Balaban J connectivity index is 0.000000244. The number of rotatable bonds is 8. The summed E-state index contributed by atoms with van der Waals surface area (Å²) in [5.41, 5.74) is 11.7. The van der Waals surface area contributed by atoms with Crippen molar-refractivity contribution in [2.24, 2.45) is 0 Å². The molecule has 0 saturated carbocycles. The summed E-state index contributed by atoms with van der Waals surface area (Å²) in [6.07, 6.45) is 7.31. The minimum absolute atomic E-state index is 0.192. The van der Waals surface area contributed by atoms with Gasteiger partial charge in [0.2, 0.25) is 0 Å². The van der Waals surface area contributed by atoms with E-state index in [1.54, 1.807) is 0 Å². The molecule has 0 aliphatic heterocycles. The Hall–Kier alpha value is -2.22. The van der Waals surface area contributed by atoms with Crippen molar-refractivity contribution in [3.8, 4) is 22.3 Å². The molecule has 2 radical (unpaired) electrons. The van der Waals surface area contributed by atoms with Crippen LogP contribution in [0.2, 0.25) is 13.1 Å². The quantitative estimate of drug-likeness (QED) is 0.106. The van der Waals surface area contributed by atoms with E-state index in [4.69, 9.17) is 17.0 Å². The molecule has 52 heavy (non-hydrogen) atoms. The van der Waals surface area contributed by atoms with Gasteiger partial charge >= 0.3 is 37.9 Å². The first-order valence-corrected chi connectivity index (χ1v) is 27.3. The molecule has 0 saturated heterocycles. The average molecular weight is 827 g/mol. The van der Waals surface area contributed by atoms with Crippen LogP contribution in [0.4, 0.5) is 0 Å². The molecule has 0 bridgehead atoms. The molecule has 0 aliphatic rings. The summed E-state index contributed by atoms with van der Waals surface area (Å²) in [5, 5.41) is 5.50. The Morgan fingerprint density at radius 2 is 0.865 bits per heavy atom. The molecule has 0 atom stereocenters. The van der Waals surface area contributed by atoms with E-state index in [1.807, 2.05) is 0 Å². The van der Waals surface area contributed by atoms with Gasteiger partial charge in [-0.3, -0.25) is 0 Å². The van der Waals surface area contributed by atoms with E-state index in [0.29, 0.717) is 0 Å². The Bertz CT molecular complexity index is 1790. The predicted octanol–water partition coefficient (Wildman–Crippen LogP) is 15.9. The molecule has 6 rings (SSSR count). The first-order valence-electron chi connectivity index (χ1n) is 19.0. The standard InChI is InChI=1S/2C23H27.C2H6Si.2ClH.Zr/c2*1-5-6-10-17-11-7-8-13-20(17)21-14-9-12-18-15-19(16-22(18)21)23(2,3)4;1-3-2;;;/h2*7-9,11-16H,5-6,10H2,1-4H3;1-2H3;2*1H;/q2*-1;;;;+4/p-2. The molecule has 274 valence electrons. The number of benzene rings is 4.